The average Bonchev–Trinajstić information content (AvgIpc) is 3.41. The topological polar surface area (TPSA) is 65.7 Å². The zero-order valence-corrected chi connectivity index (χ0v) is 18.1. The van der Waals surface area contributed by atoms with Crippen LogP contribution in [0.3, 0.4) is 0 Å². The number of piperazine rings is 1. The molecule has 2 aliphatic rings. The minimum absolute atomic E-state index is 0.308. The van der Waals surface area contributed by atoms with E-state index >= 15 is 0 Å². The van der Waals surface area contributed by atoms with Crippen molar-refractivity contribution in [1.29, 1.82) is 0 Å². The second-order valence-corrected chi connectivity index (χ2v) is 9.25. The molecule has 29 heavy (non-hydrogen) atoms. The Morgan fingerprint density at radius 1 is 1.24 bits per heavy atom. The molecule has 0 radical (unpaired) electrons. The van der Waals surface area contributed by atoms with Crippen molar-refractivity contribution in [3.63, 3.8) is 0 Å². The molecule has 4 rings (SSSR count). The third-order valence-corrected chi connectivity index (χ3v) is 6.77. The molecule has 7 nitrogen and oxygen atoms in total. The fourth-order valence-corrected chi connectivity index (χ4v) is 4.84. The van der Waals surface area contributed by atoms with Gasteiger partial charge < -0.3 is 14.3 Å². The highest BCUT2D eigenvalue weighted by atomic mass is 32.1. The third-order valence-electron chi connectivity index (χ3n) is 5.91. The van der Waals surface area contributed by atoms with Gasteiger partial charge in [-0.1, -0.05) is 18.1 Å². The van der Waals surface area contributed by atoms with Gasteiger partial charge in [0.15, 0.2) is 0 Å². The first-order valence-corrected chi connectivity index (χ1v) is 11.6. The highest BCUT2D eigenvalue weighted by molar-refractivity contribution is 7.13. The molecule has 0 spiro atoms. The lowest BCUT2D eigenvalue weighted by atomic mass is 10.0. The van der Waals surface area contributed by atoms with Crippen LogP contribution < -0.4 is 0 Å². The number of carbonyl (C=O) groups is 1. The SMILES string of the molecule is CC1CCCN(C(=O)CN2CCN(CCCc3nc(-c4cccs4)no3)CC2)C1. The summed E-state index contributed by atoms with van der Waals surface area (Å²) in [5, 5.41) is 6.09. The van der Waals surface area contributed by atoms with Gasteiger partial charge in [0.2, 0.25) is 17.6 Å². The summed E-state index contributed by atoms with van der Waals surface area (Å²) in [6, 6.07) is 4.01. The molecule has 158 valence electrons. The number of thiophene rings is 1. The Bertz CT molecular complexity index is 770. The molecular weight excluding hydrogens is 386 g/mol. The molecule has 1 amide bonds. The average molecular weight is 418 g/mol. The summed E-state index contributed by atoms with van der Waals surface area (Å²) in [5.74, 6) is 2.36. The van der Waals surface area contributed by atoms with Gasteiger partial charge in [-0.25, -0.2) is 0 Å². The van der Waals surface area contributed by atoms with Crippen molar-refractivity contribution in [3.8, 4) is 10.7 Å². The van der Waals surface area contributed by atoms with Crippen LogP contribution in [0.1, 0.15) is 32.1 Å². The predicted octanol–water partition coefficient (Wildman–Crippen LogP) is 2.61. The first-order chi connectivity index (χ1) is 14.2. The van der Waals surface area contributed by atoms with Crippen molar-refractivity contribution in [2.45, 2.75) is 32.6 Å². The van der Waals surface area contributed by atoms with Gasteiger partial charge >= 0.3 is 0 Å². The van der Waals surface area contributed by atoms with Crippen LogP contribution in [0.2, 0.25) is 0 Å². The summed E-state index contributed by atoms with van der Waals surface area (Å²) in [7, 11) is 0. The van der Waals surface area contributed by atoms with E-state index in [2.05, 4.69) is 31.8 Å². The van der Waals surface area contributed by atoms with E-state index in [0.29, 0.717) is 30.1 Å². The molecule has 4 heterocycles. The lowest BCUT2D eigenvalue weighted by Crippen LogP contribution is -2.51. The van der Waals surface area contributed by atoms with Gasteiger partial charge in [-0.05, 0) is 43.2 Å². The van der Waals surface area contributed by atoms with Crippen molar-refractivity contribution in [3.05, 3.63) is 23.4 Å². The van der Waals surface area contributed by atoms with Gasteiger partial charge in [0.05, 0.1) is 11.4 Å². The van der Waals surface area contributed by atoms with Gasteiger partial charge in [0.1, 0.15) is 0 Å². The summed E-state index contributed by atoms with van der Waals surface area (Å²) in [6.45, 7) is 9.71. The van der Waals surface area contributed by atoms with Crippen molar-refractivity contribution in [1.82, 2.24) is 24.8 Å². The van der Waals surface area contributed by atoms with E-state index in [9.17, 15) is 4.79 Å². The van der Waals surface area contributed by atoms with Crippen LogP contribution in [0.4, 0.5) is 0 Å². The normalized spacial score (nSPS) is 21.6. The number of aromatic nitrogens is 2. The first-order valence-electron chi connectivity index (χ1n) is 10.8. The van der Waals surface area contributed by atoms with Gasteiger partial charge in [0, 0.05) is 45.7 Å². The molecule has 0 aromatic carbocycles. The van der Waals surface area contributed by atoms with Crippen molar-refractivity contribution in [2.75, 3.05) is 52.4 Å². The number of aryl methyl sites for hydroxylation is 1. The highest BCUT2D eigenvalue weighted by Crippen LogP contribution is 2.21. The zero-order valence-electron chi connectivity index (χ0n) is 17.3. The summed E-state index contributed by atoms with van der Waals surface area (Å²) in [4.78, 5) is 24.9. The van der Waals surface area contributed by atoms with E-state index in [-0.39, 0.29) is 0 Å². The second-order valence-electron chi connectivity index (χ2n) is 8.30. The van der Waals surface area contributed by atoms with Gasteiger partial charge in [-0.15, -0.1) is 11.3 Å². The molecular formula is C21H31N5O2S. The zero-order chi connectivity index (χ0) is 20.1. The number of hydrogen-bond acceptors (Lipinski definition) is 7. The number of likely N-dealkylation sites (tertiary alicyclic amines) is 1. The maximum absolute atomic E-state index is 12.6. The largest absolute Gasteiger partial charge is 0.341 e. The van der Waals surface area contributed by atoms with Crippen molar-refractivity contribution >= 4 is 17.2 Å². The quantitative estimate of drug-likeness (QED) is 0.690. The fraction of sp³-hybridized carbons (Fsp3) is 0.667. The lowest BCUT2D eigenvalue weighted by Gasteiger charge is -2.36. The molecule has 2 aliphatic heterocycles. The number of amides is 1. The summed E-state index contributed by atoms with van der Waals surface area (Å²) in [5.41, 5.74) is 0. The number of rotatable bonds is 7. The van der Waals surface area contributed by atoms with E-state index in [4.69, 9.17) is 4.52 Å². The Morgan fingerprint density at radius 3 is 2.83 bits per heavy atom. The minimum Gasteiger partial charge on any atom is -0.341 e. The monoisotopic (exact) mass is 417 g/mol. The summed E-state index contributed by atoms with van der Waals surface area (Å²) in [6.07, 6.45) is 4.22. The molecule has 2 aromatic rings. The second kappa shape index (κ2) is 9.82. The summed E-state index contributed by atoms with van der Waals surface area (Å²) < 4.78 is 5.38. The van der Waals surface area contributed by atoms with E-state index in [1.807, 2.05) is 17.5 Å². The molecule has 0 N–H and O–H groups in total. The molecule has 2 fully saturated rings. The Balaban J connectivity index is 1.14. The third kappa shape index (κ3) is 5.65. The molecule has 2 saturated heterocycles. The van der Waals surface area contributed by atoms with Crippen LogP contribution >= 0.6 is 11.3 Å². The molecule has 1 unspecified atom stereocenters. The van der Waals surface area contributed by atoms with Crippen molar-refractivity contribution in [2.24, 2.45) is 5.92 Å². The maximum atomic E-state index is 12.6. The maximum Gasteiger partial charge on any atom is 0.236 e. The smallest absolute Gasteiger partial charge is 0.236 e. The standard InChI is InChI=1S/C21H31N5O2S/c1-17-5-2-9-26(15-17)20(27)16-25-12-10-24(11-13-25)8-3-7-19-22-21(23-28-19)18-6-4-14-29-18/h4,6,14,17H,2-3,5,7-13,15-16H2,1H3. The first kappa shape index (κ1) is 20.5. The predicted molar refractivity (Wildman–Crippen MR) is 114 cm³/mol. The fourth-order valence-electron chi connectivity index (χ4n) is 4.19. The Morgan fingerprint density at radius 2 is 2.07 bits per heavy atom. The Kier molecular flexibility index (Phi) is 6.94. The van der Waals surface area contributed by atoms with Crippen LogP contribution in [-0.4, -0.2) is 83.1 Å². The van der Waals surface area contributed by atoms with Gasteiger partial charge in [-0.2, -0.15) is 4.98 Å². The van der Waals surface area contributed by atoms with Gasteiger partial charge in [0.25, 0.3) is 0 Å². The van der Waals surface area contributed by atoms with Crippen LogP contribution in [-0.2, 0) is 11.2 Å². The Labute approximate surface area is 176 Å². The number of hydrogen-bond donors (Lipinski definition) is 0. The molecule has 0 bridgehead atoms. The number of nitrogens with zero attached hydrogens (tertiary/aromatic N) is 5. The van der Waals surface area contributed by atoms with Gasteiger partial charge in [-0.3, -0.25) is 9.69 Å². The van der Waals surface area contributed by atoms with E-state index in [1.54, 1.807) is 11.3 Å². The molecule has 2 aromatic heterocycles. The lowest BCUT2D eigenvalue weighted by molar-refractivity contribution is -0.134. The van der Waals surface area contributed by atoms with E-state index < -0.39 is 0 Å². The molecule has 0 saturated carbocycles. The Hall–Kier alpha value is -1.77. The highest BCUT2D eigenvalue weighted by Gasteiger charge is 2.24. The van der Waals surface area contributed by atoms with E-state index in [1.165, 1.54) is 6.42 Å². The van der Waals surface area contributed by atoms with Crippen LogP contribution in [0.25, 0.3) is 10.7 Å². The van der Waals surface area contributed by atoms with Crippen LogP contribution in [0.5, 0.6) is 0 Å². The number of piperidine rings is 1. The number of carbonyl (C=O) groups excluding carboxylic acids is 1. The van der Waals surface area contributed by atoms with Crippen LogP contribution in [0, 0.1) is 5.92 Å². The minimum atomic E-state index is 0.308. The van der Waals surface area contributed by atoms with E-state index in [0.717, 1.165) is 70.0 Å². The molecule has 0 aliphatic carbocycles. The van der Waals surface area contributed by atoms with Crippen LogP contribution in [0.15, 0.2) is 22.0 Å². The summed E-state index contributed by atoms with van der Waals surface area (Å²) >= 11 is 1.62. The molecule has 8 heteroatoms. The van der Waals surface area contributed by atoms with Crippen molar-refractivity contribution < 1.29 is 9.32 Å². The molecule has 1 atom stereocenters.